The second kappa shape index (κ2) is 5.56. The van der Waals surface area contributed by atoms with Gasteiger partial charge in [-0.15, -0.1) is 0 Å². The number of nitrogens with zero attached hydrogens (tertiary/aromatic N) is 2. The van der Waals surface area contributed by atoms with Crippen molar-refractivity contribution in [2.45, 2.75) is 13.1 Å². The Morgan fingerprint density at radius 2 is 2.19 bits per heavy atom. The fourth-order valence-corrected chi connectivity index (χ4v) is 1.88. The number of furan rings is 1. The van der Waals surface area contributed by atoms with Gasteiger partial charge in [0.15, 0.2) is 4.67 Å². The van der Waals surface area contributed by atoms with E-state index in [4.69, 9.17) is 4.42 Å². The van der Waals surface area contributed by atoms with E-state index in [1.807, 2.05) is 18.2 Å². The molecule has 0 fully saturated rings. The Kier molecular flexibility index (Phi) is 4.09. The molecule has 0 unspecified atom stereocenters. The lowest BCUT2D eigenvalue weighted by Crippen LogP contribution is -2.13. The monoisotopic (exact) mass is 345 g/mol. The largest absolute Gasteiger partial charge is 0.452 e. The van der Waals surface area contributed by atoms with Crippen molar-refractivity contribution in [2.75, 3.05) is 0 Å². The Balaban J connectivity index is 1.84. The van der Waals surface area contributed by atoms with Gasteiger partial charge in [0, 0.05) is 12.7 Å². The van der Waals surface area contributed by atoms with Gasteiger partial charge in [-0.3, -0.25) is 0 Å². The molecule has 0 radical (unpaired) electrons. The number of rotatable bonds is 4. The van der Waals surface area contributed by atoms with E-state index in [2.05, 4.69) is 47.4 Å². The van der Waals surface area contributed by atoms with Gasteiger partial charge in [0.25, 0.3) is 0 Å². The third kappa shape index (κ3) is 3.13. The van der Waals surface area contributed by atoms with Crippen LogP contribution in [0.25, 0.3) is 0 Å². The Hall–Kier alpha value is -0.720. The first-order valence-corrected chi connectivity index (χ1v) is 6.25. The highest BCUT2D eigenvalue weighted by molar-refractivity contribution is 9.13. The lowest BCUT2D eigenvalue weighted by molar-refractivity contribution is 0.463. The molecule has 0 saturated heterocycles. The molecule has 6 heteroatoms. The first-order valence-electron chi connectivity index (χ1n) is 4.66. The summed E-state index contributed by atoms with van der Waals surface area (Å²) in [5, 5.41) is 11.0. The summed E-state index contributed by atoms with van der Waals surface area (Å²) < 4.78 is 7.06. The summed E-state index contributed by atoms with van der Waals surface area (Å²) in [4.78, 5) is 0. The van der Waals surface area contributed by atoms with E-state index in [0.29, 0.717) is 17.8 Å². The lowest BCUT2D eigenvalue weighted by atomic mass is 10.4. The van der Waals surface area contributed by atoms with Crippen LogP contribution in [0.5, 0.6) is 0 Å². The third-order valence-corrected chi connectivity index (χ3v) is 3.64. The van der Waals surface area contributed by atoms with Crippen molar-refractivity contribution in [2.24, 2.45) is 0 Å². The molecule has 1 N–H and O–H groups in total. The minimum Gasteiger partial charge on any atom is -0.452 e. The standard InChI is InChI=1S/C10H9Br2N3O/c11-9-4-8(16-10(9)12)6-13-5-7-2-1-3-14-15-7/h1-4,13H,5-6H2. The maximum absolute atomic E-state index is 5.42. The van der Waals surface area contributed by atoms with E-state index in [1.165, 1.54) is 0 Å². The van der Waals surface area contributed by atoms with E-state index in [0.717, 1.165) is 15.9 Å². The molecule has 0 saturated carbocycles. The molecular weight excluding hydrogens is 338 g/mol. The van der Waals surface area contributed by atoms with Gasteiger partial charge in [-0.2, -0.15) is 10.2 Å². The molecule has 0 aliphatic carbocycles. The molecule has 4 nitrogen and oxygen atoms in total. The van der Waals surface area contributed by atoms with Gasteiger partial charge < -0.3 is 9.73 Å². The summed E-state index contributed by atoms with van der Waals surface area (Å²) in [5.74, 6) is 0.864. The molecule has 0 spiro atoms. The smallest absolute Gasteiger partial charge is 0.183 e. The third-order valence-electron chi connectivity index (χ3n) is 1.93. The molecule has 0 aliphatic rings. The van der Waals surface area contributed by atoms with Crippen molar-refractivity contribution < 1.29 is 4.42 Å². The summed E-state index contributed by atoms with van der Waals surface area (Å²) in [5.41, 5.74) is 0.909. The highest BCUT2D eigenvalue weighted by Crippen LogP contribution is 2.26. The molecule has 0 aliphatic heterocycles. The van der Waals surface area contributed by atoms with E-state index < -0.39 is 0 Å². The maximum atomic E-state index is 5.42. The summed E-state index contributed by atoms with van der Waals surface area (Å²) in [6.07, 6.45) is 1.66. The molecule has 2 heterocycles. The maximum Gasteiger partial charge on any atom is 0.183 e. The summed E-state index contributed by atoms with van der Waals surface area (Å²) in [6, 6.07) is 5.71. The van der Waals surface area contributed by atoms with E-state index >= 15 is 0 Å². The van der Waals surface area contributed by atoms with Gasteiger partial charge in [0.2, 0.25) is 0 Å². The number of nitrogens with one attached hydrogen (secondary N) is 1. The first kappa shape index (κ1) is 11.8. The van der Waals surface area contributed by atoms with Crippen LogP contribution in [0.3, 0.4) is 0 Å². The van der Waals surface area contributed by atoms with Gasteiger partial charge >= 0.3 is 0 Å². The number of hydrogen-bond donors (Lipinski definition) is 1. The SMILES string of the molecule is Brc1cc(CNCc2cccnn2)oc1Br. The zero-order chi connectivity index (χ0) is 11.4. The molecule has 2 aromatic rings. The molecule has 0 amide bonds. The molecule has 0 aromatic carbocycles. The second-order valence-corrected chi connectivity index (χ2v) is 4.73. The van der Waals surface area contributed by atoms with Crippen LogP contribution >= 0.6 is 31.9 Å². The van der Waals surface area contributed by atoms with Crippen LogP contribution in [0.1, 0.15) is 11.5 Å². The molecule has 0 bridgehead atoms. The highest BCUT2D eigenvalue weighted by atomic mass is 79.9. The van der Waals surface area contributed by atoms with Gasteiger partial charge in [-0.1, -0.05) is 0 Å². The average molecular weight is 347 g/mol. The topological polar surface area (TPSA) is 51.0 Å². The second-order valence-electron chi connectivity index (χ2n) is 3.15. The van der Waals surface area contributed by atoms with Gasteiger partial charge in [0.1, 0.15) is 5.76 Å². The number of aromatic nitrogens is 2. The summed E-state index contributed by atoms with van der Waals surface area (Å²) in [6.45, 7) is 1.32. The Morgan fingerprint density at radius 3 is 2.81 bits per heavy atom. The minimum absolute atomic E-state index is 0.654. The van der Waals surface area contributed by atoms with Gasteiger partial charge in [-0.05, 0) is 50.1 Å². The van der Waals surface area contributed by atoms with Crippen LogP contribution in [0.15, 0.2) is 38.0 Å². The average Bonchev–Trinajstić information content (AvgIpc) is 2.60. The van der Waals surface area contributed by atoms with Crippen molar-refractivity contribution >= 4 is 31.9 Å². The Labute approximate surface area is 110 Å². The van der Waals surface area contributed by atoms with Crippen LogP contribution < -0.4 is 5.32 Å². The van der Waals surface area contributed by atoms with E-state index in [9.17, 15) is 0 Å². The molecule has 84 valence electrons. The van der Waals surface area contributed by atoms with Crippen LogP contribution in [-0.4, -0.2) is 10.2 Å². The van der Waals surface area contributed by atoms with E-state index in [1.54, 1.807) is 6.20 Å². The highest BCUT2D eigenvalue weighted by Gasteiger charge is 2.05. The molecule has 2 rings (SSSR count). The number of hydrogen-bond acceptors (Lipinski definition) is 4. The fraction of sp³-hybridized carbons (Fsp3) is 0.200. The first-order chi connectivity index (χ1) is 7.75. The predicted molar refractivity (Wildman–Crippen MR) is 66.7 cm³/mol. The van der Waals surface area contributed by atoms with Crippen LogP contribution in [-0.2, 0) is 13.1 Å². The van der Waals surface area contributed by atoms with Gasteiger partial charge in [-0.25, -0.2) is 0 Å². The Morgan fingerprint density at radius 1 is 1.31 bits per heavy atom. The van der Waals surface area contributed by atoms with Crippen LogP contribution in [0, 0.1) is 0 Å². The van der Waals surface area contributed by atoms with E-state index in [-0.39, 0.29) is 0 Å². The zero-order valence-electron chi connectivity index (χ0n) is 8.28. The van der Waals surface area contributed by atoms with Crippen molar-refractivity contribution in [1.29, 1.82) is 0 Å². The molecule has 2 aromatic heterocycles. The van der Waals surface area contributed by atoms with Crippen LogP contribution in [0.4, 0.5) is 0 Å². The zero-order valence-corrected chi connectivity index (χ0v) is 11.5. The lowest BCUT2D eigenvalue weighted by Gasteiger charge is -2.00. The van der Waals surface area contributed by atoms with Crippen molar-refractivity contribution in [3.8, 4) is 0 Å². The van der Waals surface area contributed by atoms with Gasteiger partial charge in [0.05, 0.1) is 16.7 Å². The predicted octanol–water partition coefficient (Wildman–Crippen LogP) is 2.88. The van der Waals surface area contributed by atoms with Crippen molar-refractivity contribution in [1.82, 2.24) is 15.5 Å². The van der Waals surface area contributed by atoms with Crippen molar-refractivity contribution in [3.63, 3.8) is 0 Å². The summed E-state index contributed by atoms with van der Waals surface area (Å²) in [7, 11) is 0. The molecule has 0 atom stereocenters. The Bertz CT molecular complexity index is 439. The fourth-order valence-electron chi connectivity index (χ4n) is 1.22. The molecular formula is C10H9Br2N3O. The number of halogens is 2. The minimum atomic E-state index is 0.654. The van der Waals surface area contributed by atoms with Crippen molar-refractivity contribution in [3.05, 3.63) is 45.0 Å². The normalized spacial score (nSPS) is 10.6. The summed E-state index contributed by atoms with van der Waals surface area (Å²) >= 11 is 6.65. The molecule has 16 heavy (non-hydrogen) atoms. The quantitative estimate of drug-likeness (QED) is 0.924. The van der Waals surface area contributed by atoms with Crippen LogP contribution in [0.2, 0.25) is 0 Å².